The van der Waals surface area contributed by atoms with Crippen LogP contribution in [-0.4, -0.2) is 16.7 Å². The number of aryl methyl sites for hydroxylation is 1. The monoisotopic (exact) mass is 320 g/mol. The molecule has 0 radical (unpaired) electrons. The van der Waals surface area contributed by atoms with E-state index in [9.17, 15) is 9.59 Å². The van der Waals surface area contributed by atoms with Gasteiger partial charge in [-0.1, -0.05) is 42.5 Å². The molecule has 3 rings (SSSR count). The van der Waals surface area contributed by atoms with Gasteiger partial charge in [0.15, 0.2) is 5.78 Å². The molecule has 0 aliphatic heterocycles. The first-order valence-corrected chi connectivity index (χ1v) is 8.05. The number of aromatic nitrogens is 1. The van der Waals surface area contributed by atoms with Crippen LogP contribution in [0.1, 0.15) is 34.3 Å². The van der Waals surface area contributed by atoms with E-state index in [0.29, 0.717) is 12.1 Å². The lowest BCUT2D eigenvalue weighted by Crippen LogP contribution is -2.23. The molecule has 2 aromatic carbocycles. The second-order valence-electron chi connectivity index (χ2n) is 5.87. The van der Waals surface area contributed by atoms with Crippen molar-refractivity contribution in [3.05, 3.63) is 71.4 Å². The molecule has 24 heavy (non-hydrogen) atoms. The Labute approximate surface area is 140 Å². The summed E-state index contributed by atoms with van der Waals surface area (Å²) in [4.78, 5) is 27.4. The van der Waals surface area contributed by atoms with Crippen LogP contribution < -0.4 is 5.32 Å². The molecule has 0 bridgehead atoms. The summed E-state index contributed by atoms with van der Waals surface area (Å²) in [5.41, 5.74) is 3.74. The minimum absolute atomic E-state index is 0.00958. The smallest absolute Gasteiger partial charge is 0.220 e. The van der Waals surface area contributed by atoms with Crippen LogP contribution in [0.15, 0.2) is 54.7 Å². The third kappa shape index (κ3) is 3.54. The molecule has 0 atom stereocenters. The van der Waals surface area contributed by atoms with Gasteiger partial charge in [-0.05, 0) is 24.1 Å². The van der Waals surface area contributed by atoms with Crippen LogP contribution in [0.2, 0.25) is 0 Å². The number of H-pyrrole nitrogens is 1. The van der Waals surface area contributed by atoms with E-state index in [0.717, 1.165) is 22.0 Å². The SMILES string of the molecule is Cc1ccccc1C(=O)CCC(=O)NCc1c[nH]c2ccccc12. The fourth-order valence-electron chi connectivity index (χ4n) is 2.81. The van der Waals surface area contributed by atoms with E-state index >= 15 is 0 Å². The van der Waals surface area contributed by atoms with E-state index in [4.69, 9.17) is 0 Å². The largest absolute Gasteiger partial charge is 0.361 e. The van der Waals surface area contributed by atoms with Gasteiger partial charge in [0.1, 0.15) is 0 Å². The van der Waals surface area contributed by atoms with Gasteiger partial charge in [-0.25, -0.2) is 0 Å². The molecule has 1 heterocycles. The van der Waals surface area contributed by atoms with Crippen LogP contribution in [0.4, 0.5) is 0 Å². The molecule has 1 amide bonds. The average Bonchev–Trinajstić information content (AvgIpc) is 3.01. The second kappa shape index (κ2) is 7.13. The molecule has 0 unspecified atom stereocenters. The van der Waals surface area contributed by atoms with Gasteiger partial charge in [0.05, 0.1) is 0 Å². The minimum atomic E-state index is -0.109. The molecule has 0 saturated heterocycles. The van der Waals surface area contributed by atoms with Crippen molar-refractivity contribution in [3.63, 3.8) is 0 Å². The number of fused-ring (bicyclic) bond motifs is 1. The zero-order chi connectivity index (χ0) is 16.9. The Kier molecular flexibility index (Phi) is 4.75. The highest BCUT2D eigenvalue weighted by Gasteiger charge is 2.11. The predicted octanol–water partition coefficient (Wildman–Crippen LogP) is 3.76. The van der Waals surface area contributed by atoms with E-state index in [1.165, 1.54) is 0 Å². The molecule has 4 heteroatoms. The molecule has 3 aromatic rings. The number of ketones is 1. The van der Waals surface area contributed by atoms with Gasteiger partial charge in [0.25, 0.3) is 0 Å². The van der Waals surface area contributed by atoms with Gasteiger partial charge >= 0.3 is 0 Å². The van der Waals surface area contributed by atoms with Gasteiger partial charge in [-0.2, -0.15) is 0 Å². The molecule has 0 spiro atoms. The van der Waals surface area contributed by atoms with Crippen LogP contribution in [0.3, 0.4) is 0 Å². The van der Waals surface area contributed by atoms with E-state index in [1.54, 1.807) is 0 Å². The minimum Gasteiger partial charge on any atom is -0.361 e. The highest BCUT2D eigenvalue weighted by molar-refractivity contribution is 5.99. The number of Topliss-reactive ketones (excluding diaryl/α,β-unsaturated/α-hetero) is 1. The maximum atomic E-state index is 12.2. The normalized spacial score (nSPS) is 10.7. The molecular formula is C20H20N2O2. The lowest BCUT2D eigenvalue weighted by atomic mass is 10.0. The molecule has 0 fully saturated rings. The number of carbonyl (C=O) groups excluding carboxylic acids is 2. The van der Waals surface area contributed by atoms with Crippen LogP contribution in [0, 0.1) is 6.92 Å². The first-order chi connectivity index (χ1) is 11.6. The molecule has 1 aromatic heterocycles. The highest BCUT2D eigenvalue weighted by atomic mass is 16.2. The zero-order valence-electron chi connectivity index (χ0n) is 13.6. The molecule has 2 N–H and O–H groups in total. The summed E-state index contributed by atoms with van der Waals surface area (Å²) < 4.78 is 0. The van der Waals surface area contributed by atoms with E-state index in [2.05, 4.69) is 10.3 Å². The summed E-state index contributed by atoms with van der Waals surface area (Å²) in [5, 5.41) is 3.99. The number of amides is 1. The van der Waals surface area contributed by atoms with Crippen molar-refractivity contribution >= 4 is 22.6 Å². The van der Waals surface area contributed by atoms with Crippen LogP contribution in [0.25, 0.3) is 10.9 Å². The number of benzene rings is 2. The van der Waals surface area contributed by atoms with Crippen LogP contribution in [0.5, 0.6) is 0 Å². The van der Waals surface area contributed by atoms with Crippen LogP contribution in [-0.2, 0) is 11.3 Å². The topological polar surface area (TPSA) is 62.0 Å². The molecule has 0 aliphatic carbocycles. The maximum absolute atomic E-state index is 12.2. The number of para-hydroxylation sites is 1. The lowest BCUT2D eigenvalue weighted by Gasteiger charge is -2.06. The van der Waals surface area contributed by atoms with E-state index in [1.807, 2.05) is 61.7 Å². The summed E-state index contributed by atoms with van der Waals surface area (Å²) in [6.45, 7) is 2.37. The van der Waals surface area contributed by atoms with Crippen molar-refractivity contribution in [2.45, 2.75) is 26.3 Å². The van der Waals surface area contributed by atoms with Gasteiger partial charge in [0, 0.05) is 42.0 Å². The molecule has 122 valence electrons. The Morgan fingerprint density at radius 1 is 1.00 bits per heavy atom. The maximum Gasteiger partial charge on any atom is 0.220 e. The number of nitrogens with one attached hydrogen (secondary N) is 2. The third-order valence-electron chi connectivity index (χ3n) is 4.18. The standard InChI is InChI=1S/C20H20N2O2/c1-14-6-2-3-7-16(14)19(23)10-11-20(24)22-13-15-12-21-18-9-5-4-8-17(15)18/h2-9,12,21H,10-11,13H2,1H3,(H,22,24). The molecule has 0 saturated carbocycles. The van der Waals surface area contributed by atoms with Crippen molar-refractivity contribution in [3.8, 4) is 0 Å². The van der Waals surface area contributed by atoms with E-state index < -0.39 is 0 Å². The Balaban J connectivity index is 1.53. The molecular weight excluding hydrogens is 300 g/mol. The number of aromatic amines is 1. The van der Waals surface area contributed by atoms with Crippen LogP contribution >= 0.6 is 0 Å². The Hall–Kier alpha value is -2.88. The van der Waals surface area contributed by atoms with Gasteiger partial charge < -0.3 is 10.3 Å². The summed E-state index contributed by atoms with van der Waals surface area (Å²) in [5.74, 6) is -0.0995. The lowest BCUT2D eigenvalue weighted by molar-refractivity contribution is -0.121. The van der Waals surface area contributed by atoms with Gasteiger partial charge in [0.2, 0.25) is 5.91 Å². The second-order valence-corrected chi connectivity index (χ2v) is 5.87. The first kappa shape index (κ1) is 16.0. The Bertz CT molecular complexity index is 880. The van der Waals surface area contributed by atoms with Crippen molar-refractivity contribution in [2.75, 3.05) is 0 Å². The van der Waals surface area contributed by atoms with Crippen molar-refractivity contribution in [1.29, 1.82) is 0 Å². The Morgan fingerprint density at radius 3 is 2.58 bits per heavy atom. The number of rotatable bonds is 6. The average molecular weight is 320 g/mol. The van der Waals surface area contributed by atoms with Crippen molar-refractivity contribution in [1.82, 2.24) is 10.3 Å². The number of carbonyl (C=O) groups is 2. The molecule has 4 nitrogen and oxygen atoms in total. The summed E-state index contributed by atoms with van der Waals surface area (Å²) in [6.07, 6.45) is 2.34. The Morgan fingerprint density at radius 2 is 1.75 bits per heavy atom. The fraction of sp³-hybridized carbons (Fsp3) is 0.200. The third-order valence-corrected chi connectivity index (χ3v) is 4.18. The first-order valence-electron chi connectivity index (χ1n) is 8.05. The predicted molar refractivity (Wildman–Crippen MR) is 94.9 cm³/mol. The zero-order valence-corrected chi connectivity index (χ0v) is 13.6. The summed E-state index contributed by atoms with van der Waals surface area (Å²) >= 11 is 0. The van der Waals surface area contributed by atoms with Gasteiger partial charge in [-0.3, -0.25) is 9.59 Å². The fourth-order valence-corrected chi connectivity index (χ4v) is 2.81. The summed E-state index contributed by atoms with van der Waals surface area (Å²) in [7, 11) is 0. The highest BCUT2D eigenvalue weighted by Crippen LogP contribution is 2.17. The quantitative estimate of drug-likeness (QED) is 0.679. The van der Waals surface area contributed by atoms with E-state index in [-0.39, 0.29) is 24.5 Å². The number of hydrogen-bond acceptors (Lipinski definition) is 2. The van der Waals surface area contributed by atoms with Crippen molar-refractivity contribution < 1.29 is 9.59 Å². The number of hydrogen-bond donors (Lipinski definition) is 2. The van der Waals surface area contributed by atoms with Crippen molar-refractivity contribution in [2.24, 2.45) is 0 Å². The molecule has 0 aliphatic rings. The summed E-state index contributed by atoms with van der Waals surface area (Å²) in [6, 6.07) is 15.4. The van der Waals surface area contributed by atoms with Gasteiger partial charge in [-0.15, -0.1) is 0 Å².